The molecule has 1 aromatic carbocycles. The lowest BCUT2D eigenvalue weighted by molar-refractivity contribution is 0.00695. The molecule has 3 rings (SSSR count). The van der Waals surface area contributed by atoms with Gasteiger partial charge in [0, 0.05) is 12.7 Å². The average Bonchev–Trinajstić information content (AvgIpc) is 3.06. The summed E-state index contributed by atoms with van der Waals surface area (Å²) in [7, 11) is 0. The molecule has 0 saturated heterocycles. The van der Waals surface area contributed by atoms with Crippen LogP contribution in [0.2, 0.25) is 0 Å². The van der Waals surface area contributed by atoms with Gasteiger partial charge in [0.2, 0.25) is 0 Å². The number of rotatable bonds is 5. The molecule has 0 saturated carbocycles. The van der Waals surface area contributed by atoms with Crippen LogP contribution in [-0.4, -0.2) is 31.5 Å². The number of hydrogen-bond donors (Lipinski definition) is 1. The first-order valence-electron chi connectivity index (χ1n) is 8.73. The Morgan fingerprint density at radius 1 is 1.07 bits per heavy atom. The number of carbonyl (C=O) groups excluding carboxylic acids is 1. The third-order valence-electron chi connectivity index (χ3n) is 3.67. The SMILES string of the molecule is Cc1ccn(-c2ccc(NCc3ccc(C(=O)OC(C)(C)C)cc3)nn2)n1. The molecule has 0 aliphatic rings. The minimum atomic E-state index is -0.503. The summed E-state index contributed by atoms with van der Waals surface area (Å²) in [6, 6.07) is 12.9. The Kier molecular flexibility index (Phi) is 5.21. The fourth-order valence-corrected chi connectivity index (χ4v) is 2.37. The highest BCUT2D eigenvalue weighted by Gasteiger charge is 2.17. The summed E-state index contributed by atoms with van der Waals surface area (Å²) in [5.74, 6) is 1.01. The number of hydrogen-bond acceptors (Lipinski definition) is 6. The van der Waals surface area contributed by atoms with Crippen molar-refractivity contribution in [3.8, 4) is 5.82 Å². The summed E-state index contributed by atoms with van der Waals surface area (Å²) >= 11 is 0. The molecule has 140 valence electrons. The van der Waals surface area contributed by atoms with E-state index in [0.717, 1.165) is 11.3 Å². The molecule has 2 heterocycles. The van der Waals surface area contributed by atoms with Gasteiger partial charge in [-0.3, -0.25) is 0 Å². The minimum Gasteiger partial charge on any atom is -0.456 e. The third kappa shape index (κ3) is 5.13. The average molecular weight is 365 g/mol. The molecular weight excluding hydrogens is 342 g/mol. The van der Waals surface area contributed by atoms with E-state index in [1.54, 1.807) is 16.8 Å². The van der Waals surface area contributed by atoms with Crippen molar-refractivity contribution in [3.05, 3.63) is 65.5 Å². The number of aryl methyl sites for hydroxylation is 1. The van der Waals surface area contributed by atoms with Crippen LogP contribution in [0.3, 0.4) is 0 Å². The van der Waals surface area contributed by atoms with Crippen LogP contribution in [-0.2, 0) is 11.3 Å². The Balaban J connectivity index is 1.57. The summed E-state index contributed by atoms with van der Waals surface area (Å²) in [5.41, 5.74) is 1.98. The molecule has 1 N–H and O–H groups in total. The zero-order chi connectivity index (χ0) is 19.4. The van der Waals surface area contributed by atoms with E-state index in [-0.39, 0.29) is 5.97 Å². The molecule has 27 heavy (non-hydrogen) atoms. The first-order chi connectivity index (χ1) is 12.8. The van der Waals surface area contributed by atoms with Gasteiger partial charge in [-0.05, 0) is 63.6 Å². The van der Waals surface area contributed by atoms with Gasteiger partial charge in [-0.25, -0.2) is 9.48 Å². The molecule has 0 aliphatic carbocycles. The Morgan fingerprint density at radius 3 is 2.37 bits per heavy atom. The molecule has 7 nitrogen and oxygen atoms in total. The second-order valence-electron chi connectivity index (χ2n) is 7.23. The van der Waals surface area contributed by atoms with E-state index in [9.17, 15) is 4.79 Å². The summed E-state index contributed by atoms with van der Waals surface area (Å²) < 4.78 is 7.04. The van der Waals surface area contributed by atoms with Crippen LogP contribution in [0.5, 0.6) is 0 Å². The maximum Gasteiger partial charge on any atom is 0.338 e. The van der Waals surface area contributed by atoms with Crippen LogP contribution in [0.25, 0.3) is 5.82 Å². The van der Waals surface area contributed by atoms with Crippen molar-refractivity contribution >= 4 is 11.8 Å². The van der Waals surface area contributed by atoms with Gasteiger partial charge in [0.1, 0.15) is 11.4 Å². The van der Waals surface area contributed by atoms with Crippen LogP contribution in [0, 0.1) is 6.92 Å². The lowest BCUT2D eigenvalue weighted by Crippen LogP contribution is -2.23. The zero-order valence-electron chi connectivity index (χ0n) is 15.9. The van der Waals surface area contributed by atoms with Crippen molar-refractivity contribution in [2.75, 3.05) is 5.32 Å². The maximum absolute atomic E-state index is 12.0. The summed E-state index contributed by atoms with van der Waals surface area (Å²) in [5, 5.41) is 15.9. The Morgan fingerprint density at radius 2 is 1.81 bits per heavy atom. The van der Waals surface area contributed by atoms with Gasteiger partial charge in [0.25, 0.3) is 0 Å². The van der Waals surface area contributed by atoms with E-state index in [0.29, 0.717) is 23.7 Å². The van der Waals surface area contributed by atoms with Gasteiger partial charge in [0.15, 0.2) is 5.82 Å². The normalized spacial score (nSPS) is 11.3. The molecule has 3 aromatic rings. The second-order valence-corrected chi connectivity index (χ2v) is 7.23. The third-order valence-corrected chi connectivity index (χ3v) is 3.67. The van der Waals surface area contributed by atoms with Crippen molar-refractivity contribution in [1.82, 2.24) is 20.0 Å². The van der Waals surface area contributed by atoms with Crippen molar-refractivity contribution in [2.24, 2.45) is 0 Å². The van der Waals surface area contributed by atoms with Gasteiger partial charge in [-0.1, -0.05) is 12.1 Å². The topological polar surface area (TPSA) is 81.9 Å². The molecule has 0 unspecified atom stereocenters. The molecule has 7 heteroatoms. The van der Waals surface area contributed by atoms with Crippen LogP contribution in [0.15, 0.2) is 48.7 Å². The van der Waals surface area contributed by atoms with Gasteiger partial charge >= 0.3 is 5.97 Å². The molecule has 0 spiro atoms. The summed E-state index contributed by atoms with van der Waals surface area (Å²) in [6.45, 7) is 8.05. The standard InChI is InChI=1S/C20H23N5O2/c1-14-11-12-25(24-14)18-10-9-17(22-23-18)21-13-15-5-7-16(8-6-15)19(26)27-20(2,3)4/h5-12H,13H2,1-4H3,(H,21,22). The summed E-state index contributed by atoms with van der Waals surface area (Å²) in [4.78, 5) is 12.0. The smallest absolute Gasteiger partial charge is 0.338 e. The Hall–Kier alpha value is -3.22. The predicted octanol–water partition coefficient (Wildman–Crippen LogP) is 3.54. The fraction of sp³-hybridized carbons (Fsp3) is 0.300. The molecule has 2 aromatic heterocycles. The second kappa shape index (κ2) is 7.57. The quantitative estimate of drug-likeness (QED) is 0.697. The Labute approximate surface area is 158 Å². The zero-order valence-corrected chi connectivity index (χ0v) is 15.9. The molecule has 0 aliphatic heterocycles. The largest absolute Gasteiger partial charge is 0.456 e. The molecule has 0 bridgehead atoms. The van der Waals surface area contributed by atoms with Gasteiger partial charge < -0.3 is 10.1 Å². The first-order valence-corrected chi connectivity index (χ1v) is 8.73. The highest BCUT2D eigenvalue weighted by molar-refractivity contribution is 5.89. The fourth-order valence-electron chi connectivity index (χ4n) is 2.37. The van der Waals surface area contributed by atoms with E-state index in [4.69, 9.17) is 4.74 Å². The van der Waals surface area contributed by atoms with E-state index in [1.165, 1.54) is 0 Å². The molecular formula is C20H23N5O2. The van der Waals surface area contributed by atoms with E-state index < -0.39 is 5.60 Å². The lowest BCUT2D eigenvalue weighted by atomic mass is 10.1. The number of esters is 1. The monoisotopic (exact) mass is 365 g/mol. The molecule has 0 amide bonds. The van der Waals surface area contributed by atoms with Crippen molar-refractivity contribution in [1.29, 1.82) is 0 Å². The number of carbonyl (C=O) groups is 1. The van der Waals surface area contributed by atoms with Crippen molar-refractivity contribution in [3.63, 3.8) is 0 Å². The minimum absolute atomic E-state index is 0.322. The van der Waals surface area contributed by atoms with E-state index >= 15 is 0 Å². The van der Waals surface area contributed by atoms with E-state index in [1.807, 2.05) is 64.2 Å². The number of anilines is 1. The van der Waals surface area contributed by atoms with Crippen LogP contribution >= 0.6 is 0 Å². The van der Waals surface area contributed by atoms with Gasteiger partial charge in [-0.15, -0.1) is 10.2 Å². The highest BCUT2D eigenvalue weighted by Crippen LogP contribution is 2.14. The van der Waals surface area contributed by atoms with Gasteiger partial charge in [0.05, 0.1) is 11.3 Å². The highest BCUT2D eigenvalue weighted by atomic mass is 16.6. The Bertz CT molecular complexity index is 909. The van der Waals surface area contributed by atoms with Crippen LogP contribution < -0.4 is 5.32 Å². The van der Waals surface area contributed by atoms with Crippen molar-refractivity contribution < 1.29 is 9.53 Å². The molecule has 0 radical (unpaired) electrons. The maximum atomic E-state index is 12.0. The number of nitrogens with one attached hydrogen (secondary N) is 1. The first kappa shape index (κ1) is 18.6. The van der Waals surface area contributed by atoms with Crippen LogP contribution in [0.4, 0.5) is 5.82 Å². The number of benzene rings is 1. The summed E-state index contributed by atoms with van der Waals surface area (Å²) in [6.07, 6.45) is 1.85. The van der Waals surface area contributed by atoms with Crippen LogP contribution in [0.1, 0.15) is 42.4 Å². The van der Waals surface area contributed by atoms with Crippen molar-refractivity contribution in [2.45, 2.75) is 39.8 Å². The predicted molar refractivity (Wildman–Crippen MR) is 103 cm³/mol. The number of aromatic nitrogens is 4. The molecule has 0 fully saturated rings. The number of ether oxygens (including phenoxy) is 1. The van der Waals surface area contributed by atoms with Gasteiger partial charge in [-0.2, -0.15) is 5.10 Å². The lowest BCUT2D eigenvalue weighted by Gasteiger charge is -2.19. The number of nitrogens with zero attached hydrogens (tertiary/aromatic N) is 4. The van der Waals surface area contributed by atoms with E-state index in [2.05, 4.69) is 20.6 Å². The molecule has 0 atom stereocenters.